The van der Waals surface area contributed by atoms with Crippen LogP contribution in [0.2, 0.25) is 0 Å². The minimum absolute atomic E-state index is 0.0151. The van der Waals surface area contributed by atoms with Crippen LogP contribution in [0.3, 0.4) is 0 Å². The number of piperazine rings is 1. The van der Waals surface area contributed by atoms with Gasteiger partial charge >= 0.3 is 6.09 Å². The van der Waals surface area contributed by atoms with Crippen molar-refractivity contribution in [3.05, 3.63) is 42.5 Å². The summed E-state index contributed by atoms with van der Waals surface area (Å²) in [5.74, 6) is 0.771. The van der Waals surface area contributed by atoms with Crippen LogP contribution in [-0.2, 0) is 9.53 Å². The van der Waals surface area contributed by atoms with Crippen molar-refractivity contribution in [1.82, 2.24) is 25.8 Å². The monoisotopic (exact) mass is 585 g/mol. The van der Waals surface area contributed by atoms with Crippen LogP contribution < -0.4 is 20.7 Å². The van der Waals surface area contributed by atoms with Crippen LogP contribution in [0, 0.1) is 0 Å². The summed E-state index contributed by atoms with van der Waals surface area (Å²) >= 11 is 0. The molecule has 42 heavy (non-hydrogen) atoms. The Morgan fingerprint density at radius 2 is 1.55 bits per heavy atom. The quantitative estimate of drug-likeness (QED) is 0.222. The van der Waals surface area contributed by atoms with E-state index in [0.717, 1.165) is 68.6 Å². The Morgan fingerprint density at radius 3 is 2.21 bits per heavy atom. The van der Waals surface area contributed by atoms with Crippen molar-refractivity contribution in [2.24, 2.45) is 0 Å². The lowest BCUT2D eigenvalue weighted by Crippen LogP contribution is -2.47. The number of ether oxygens (including phenoxy) is 2. The van der Waals surface area contributed by atoms with Gasteiger partial charge in [-0.15, -0.1) is 0 Å². The zero-order valence-corrected chi connectivity index (χ0v) is 25.9. The van der Waals surface area contributed by atoms with E-state index in [4.69, 9.17) is 9.47 Å². The molecule has 1 saturated heterocycles. The Balaban J connectivity index is 1.18. The summed E-state index contributed by atoms with van der Waals surface area (Å²) in [6, 6.07) is 13.8. The molecule has 2 amide bonds. The zero-order chi connectivity index (χ0) is 30.4. The fourth-order valence-corrected chi connectivity index (χ4v) is 4.90. The van der Waals surface area contributed by atoms with Gasteiger partial charge in [-0.2, -0.15) is 0 Å². The molecule has 1 aliphatic heterocycles. The van der Waals surface area contributed by atoms with Gasteiger partial charge in [0.2, 0.25) is 5.91 Å². The minimum atomic E-state index is -0.677. The third kappa shape index (κ3) is 12.9. The number of fused-ring (bicyclic) bond motifs is 1. The third-order valence-electron chi connectivity index (χ3n) is 7.13. The number of benzene rings is 2. The van der Waals surface area contributed by atoms with Crippen LogP contribution in [-0.4, -0.2) is 110 Å². The lowest BCUT2D eigenvalue weighted by Gasteiger charge is -2.34. The number of nitrogens with zero attached hydrogens (tertiary/aromatic N) is 2. The summed E-state index contributed by atoms with van der Waals surface area (Å²) in [4.78, 5) is 29.0. The Morgan fingerprint density at radius 1 is 0.929 bits per heavy atom. The molecule has 234 valence electrons. The first-order valence-electron chi connectivity index (χ1n) is 15.3. The summed E-state index contributed by atoms with van der Waals surface area (Å²) in [5, 5.41) is 21.6. The second-order valence-electron chi connectivity index (χ2n) is 12.1. The molecule has 1 aliphatic rings. The molecule has 0 radical (unpaired) electrons. The van der Waals surface area contributed by atoms with Gasteiger partial charge in [0.25, 0.3) is 0 Å². The van der Waals surface area contributed by atoms with Crippen LogP contribution in [0.5, 0.6) is 5.75 Å². The number of aliphatic hydroxyl groups is 1. The molecular formula is C32H51N5O5. The van der Waals surface area contributed by atoms with Gasteiger partial charge in [-0.3, -0.25) is 4.79 Å². The average Bonchev–Trinajstić information content (AvgIpc) is 2.95. The van der Waals surface area contributed by atoms with Crippen LogP contribution in [0.15, 0.2) is 42.5 Å². The predicted octanol–water partition coefficient (Wildman–Crippen LogP) is 2.99. The van der Waals surface area contributed by atoms with E-state index in [2.05, 4.69) is 25.8 Å². The van der Waals surface area contributed by atoms with E-state index in [1.165, 1.54) is 0 Å². The summed E-state index contributed by atoms with van der Waals surface area (Å²) < 4.78 is 11.1. The van der Waals surface area contributed by atoms with E-state index in [1.807, 2.05) is 70.2 Å². The molecule has 2 atom stereocenters. The maximum atomic E-state index is 12.4. The molecular weight excluding hydrogens is 534 g/mol. The number of alkyl carbamates (subject to hydrolysis) is 1. The lowest BCUT2D eigenvalue weighted by atomic mass is 10.1. The van der Waals surface area contributed by atoms with Crippen LogP contribution in [0.25, 0.3) is 10.8 Å². The summed E-state index contributed by atoms with van der Waals surface area (Å²) in [7, 11) is 0. The van der Waals surface area contributed by atoms with Gasteiger partial charge in [-0.05, 0) is 65.1 Å². The van der Waals surface area contributed by atoms with Gasteiger partial charge in [0, 0.05) is 63.7 Å². The van der Waals surface area contributed by atoms with Gasteiger partial charge in [-0.1, -0.05) is 36.4 Å². The molecule has 0 bridgehead atoms. The highest BCUT2D eigenvalue weighted by Crippen LogP contribution is 2.25. The van der Waals surface area contributed by atoms with Crippen molar-refractivity contribution in [1.29, 1.82) is 0 Å². The van der Waals surface area contributed by atoms with Gasteiger partial charge in [-0.25, -0.2) is 4.79 Å². The van der Waals surface area contributed by atoms with E-state index in [1.54, 1.807) is 0 Å². The molecule has 2 aromatic rings. The van der Waals surface area contributed by atoms with Crippen molar-refractivity contribution >= 4 is 22.8 Å². The molecule has 10 heteroatoms. The molecule has 4 N–H and O–H groups in total. The third-order valence-corrected chi connectivity index (χ3v) is 7.13. The maximum Gasteiger partial charge on any atom is 0.407 e. The van der Waals surface area contributed by atoms with Crippen molar-refractivity contribution in [3.63, 3.8) is 0 Å². The molecule has 0 spiro atoms. The highest BCUT2D eigenvalue weighted by molar-refractivity contribution is 5.88. The van der Waals surface area contributed by atoms with Crippen LogP contribution in [0.4, 0.5) is 4.79 Å². The SMILES string of the molecule is CC(CC(=O)NCCCN1CCN(CCCNC(=O)OC(C)(C)C)CC1)NCC(O)COc1cccc2ccccc12. The Labute approximate surface area is 251 Å². The number of aliphatic hydroxyl groups excluding tert-OH is 1. The molecule has 0 aliphatic carbocycles. The molecule has 1 fully saturated rings. The van der Waals surface area contributed by atoms with Crippen molar-refractivity contribution in [2.45, 2.75) is 64.7 Å². The van der Waals surface area contributed by atoms with Crippen molar-refractivity contribution < 1.29 is 24.2 Å². The standard InChI is InChI=1S/C32H51N5O5/c1-25(35-23-27(38)24-41-29-13-7-11-26-10-5-6-12-28(26)29)22-30(39)33-14-8-16-36-18-20-37(21-19-36)17-9-15-34-31(40)42-32(2,3)4/h5-7,10-13,25,27,35,38H,8-9,14-24H2,1-4H3,(H,33,39)(H,34,40). The van der Waals surface area contributed by atoms with E-state index in [9.17, 15) is 14.7 Å². The van der Waals surface area contributed by atoms with Crippen molar-refractivity contribution in [3.8, 4) is 5.75 Å². The second kappa shape index (κ2) is 17.3. The number of nitrogens with one attached hydrogen (secondary N) is 3. The maximum absolute atomic E-state index is 12.4. The number of hydrogen-bond acceptors (Lipinski definition) is 8. The number of rotatable bonds is 16. The molecule has 0 saturated carbocycles. The first-order valence-corrected chi connectivity index (χ1v) is 15.3. The number of carbonyl (C=O) groups is 2. The molecule has 1 heterocycles. The average molecular weight is 586 g/mol. The van der Waals surface area contributed by atoms with Gasteiger partial charge in [0.05, 0.1) is 0 Å². The smallest absolute Gasteiger partial charge is 0.407 e. The van der Waals surface area contributed by atoms with Crippen LogP contribution in [0.1, 0.15) is 47.0 Å². The number of amides is 2. The summed E-state index contributed by atoms with van der Waals surface area (Å²) in [5.41, 5.74) is -0.473. The molecule has 0 aromatic heterocycles. The summed E-state index contributed by atoms with van der Waals surface area (Å²) in [6.45, 7) is 15.3. The minimum Gasteiger partial charge on any atom is -0.490 e. The lowest BCUT2D eigenvalue weighted by molar-refractivity contribution is -0.121. The van der Waals surface area contributed by atoms with Gasteiger partial charge in [0.1, 0.15) is 24.1 Å². The highest BCUT2D eigenvalue weighted by atomic mass is 16.6. The summed E-state index contributed by atoms with van der Waals surface area (Å²) in [6.07, 6.45) is 1.14. The fraction of sp³-hybridized carbons (Fsp3) is 0.625. The fourth-order valence-electron chi connectivity index (χ4n) is 4.90. The van der Waals surface area contributed by atoms with E-state index in [0.29, 0.717) is 26.1 Å². The second-order valence-corrected chi connectivity index (χ2v) is 12.1. The predicted molar refractivity (Wildman–Crippen MR) is 167 cm³/mol. The zero-order valence-electron chi connectivity index (χ0n) is 25.9. The van der Waals surface area contributed by atoms with E-state index < -0.39 is 11.7 Å². The normalized spacial score (nSPS) is 16.1. The molecule has 10 nitrogen and oxygen atoms in total. The van der Waals surface area contributed by atoms with Gasteiger partial charge < -0.3 is 40.3 Å². The van der Waals surface area contributed by atoms with E-state index in [-0.39, 0.29) is 24.6 Å². The van der Waals surface area contributed by atoms with Gasteiger partial charge in [0.15, 0.2) is 0 Å². The molecule has 2 aromatic carbocycles. The first-order chi connectivity index (χ1) is 20.1. The van der Waals surface area contributed by atoms with Crippen LogP contribution >= 0.6 is 0 Å². The Kier molecular flexibility index (Phi) is 13.8. The topological polar surface area (TPSA) is 115 Å². The highest BCUT2D eigenvalue weighted by Gasteiger charge is 2.18. The largest absolute Gasteiger partial charge is 0.490 e. The Hall–Kier alpha value is -2.92. The van der Waals surface area contributed by atoms with E-state index >= 15 is 0 Å². The Bertz CT molecular complexity index is 1090. The molecule has 3 rings (SSSR count). The molecule has 2 unspecified atom stereocenters. The number of hydrogen-bond donors (Lipinski definition) is 4. The number of carbonyl (C=O) groups excluding carboxylic acids is 2. The van der Waals surface area contributed by atoms with Crippen molar-refractivity contribution in [2.75, 3.05) is 65.5 Å². The first kappa shape index (κ1) is 33.6.